The molecule has 0 bridgehead atoms. The van der Waals surface area contributed by atoms with Gasteiger partial charge in [-0.25, -0.2) is 12.7 Å². The van der Waals surface area contributed by atoms with Crippen molar-refractivity contribution in [3.05, 3.63) is 29.8 Å². The number of fused-ring (bicyclic) bond motifs is 1. The van der Waals surface area contributed by atoms with E-state index < -0.39 is 21.8 Å². The third kappa shape index (κ3) is 4.30. The normalized spacial score (nSPS) is 15.0. The van der Waals surface area contributed by atoms with E-state index >= 15 is 0 Å². The maximum atomic E-state index is 12.4. The maximum Gasteiger partial charge on any atom is 0.269 e. The van der Waals surface area contributed by atoms with E-state index in [4.69, 9.17) is 0 Å². The lowest BCUT2D eigenvalue weighted by Gasteiger charge is -2.14. The Hall–Kier alpha value is -1.98. The highest BCUT2D eigenvalue weighted by molar-refractivity contribution is 8.01. The van der Waals surface area contributed by atoms with E-state index in [1.807, 2.05) is 0 Å². The van der Waals surface area contributed by atoms with Gasteiger partial charge in [-0.3, -0.25) is 9.59 Å². The number of rotatable bonds is 8. The lowest BCUT2D eigenvalue weighted by Crippen LogP contribution is -2.33. The minimum atomic E-state index is -3.90. The molecule has 0 atom stereocenters. The van der Waals surface area contributed by atoms with Crippen LogP contribution >= 0.6 is 23.1 Å². The van der Waals surface area contributed by atoms with Crippen molar-refractivity contribution < 1.29 is 18.0 Å². The first-order chi connectivity index (χ1) is 12.9. The van der Waals surface area contributed by atoms with Crippen LogP contribution in [0.5, 0.6) is 0 Å². The van der Waals surface area contributed by atoms with E-state index in [1.54, 1.807) is 23.9 Å². The first-order valence-electron chi connectivity index (χ1n) is 8.35. The number of carbonyl (C=O) groups excluding carboxylic acids is 2. The quantitative estimate of drug-likeness (QED) is 0.392. The van der Waals surface area contributed by atoms with Gasteiger partial charge in [-0.05, 0) is 18.6 Å². The molecule has 1 aromatic heterocycles. The molecule has 11 heteroatoms. The number of carbonyl (C=O) groups is 2. The van der Waals surface area contributed by atoms with Gasteiger partial charge in [-0.1, -0.05) is 48.6 Å². The van der Waals surface area contributed by atoms with Crippen molar-refractivity contribution in [1.29, 1.82) is 0 Å². The summed E-state index contributed by atoms with van der Waals surface area (Å²) in [5, 5.41) is 10.9. The number of nitrogens with zero attached hydrogens (tertiary/aromatic N) is 3. The molecule has 0 unspecified atom stereocenters. The molecule has 2 amide bonds. The molecule has 2 aromatic rings. The summed E-state index contributed by atoms with van der Waals surface area (Å²) in [7, 11) is -3.90. The minimum Gasteiger partial charge on any atom is -0.300 e. The standard InChI is InChI=1S/C16H18N4O4S3/c1-2-3-10-25-16-19-18-15(26-16)17-13(21)8-9-20-14(22)11-6-4-5-7-12(11)27(20,23)24/h4-7H,2-3,8-10H2,1H3,(H,17,18,21). The van der Waals surface area contributed by atoms with Gasteiger partial charge in [0.2, 0.25) is 11.0 Å². The third-order valence-electron chi connectivity index (χ3n) is 3.83. The van der Waals surface area contributed by atoms with Crippen LogP contribution in [0, 0.1) is 0 Å². The van der Waals surface area contributed by atoms with Crippen LogP contribution in [0.15, 0.2) is 33.5 Å². The topological polar surface area (TPSA) is 109 Å². The number of benzene rings is 1. The Kier molecular flexibility index (Phi) is 6.12. The van der Waals surface area contributed by atoms with Gasteiger partial charge in [-0.2, -0.15) is 0 Å². The molecule has 0 saturated heterocycles. The number of anilines is 1. The minimum absolute atomic E-state index is 0.0201. The van der Waals surface area contributed by atoms with Crippen molar-refractivity contribution in [2.45, 2.75) is 35.4 Å². The Morgan fingerprint density at radius 3 is 2.81 bits per heavy atom. The monoisotopic (exact) mass is 426 g/mol. The van der Waals surface area contributed by atoms with E-state index in [0.29, 0.717) is 5.13 Å². The summed E-state index contributed by atoms with van der Waals surface area (Å²) in [6, 6.07) is 6.02. The summed E-state index contributed by atoms with van der Waals surface area (Å²) >= 11 is 2.85. The number of amides is 2. The molecular formula is C16H18N4O4S3. The molecule has 0 saturated carbocycles. The highest BCUT2D eigenvalue weighted by Gasteiger charge is 2.40. The number of nitrogens with one attached hydrogen (secondary N) is 1. The van der Waals surface area contributed by atoms with Crippen LogP contribution in [0.4, 0.5) is 5.13 Å². The molecule has 3 rings (SSSR count). The second-order valence-corrected chi connectivity index (χ2v) is 9.90. The first kappa shape index (κ1) is 19.8. The zero-order valence-electron chi connectivity index (χ0n) is 14.5. The van der Waals surface area contributed by atoms with Crippen LogP contribution in [0.1, 0.15) is 36.5 Å². The zero-order valence-corrected chi connectivity index (χ0v) is 17.0. The number of hydrogen-bond acceptors (Lipinski definition) is 8. The molecule has 27 heavy (non-hydrogen) atoms. The number of thioether (sulfide) groups is 1. The average Bonchev–Trinajstić information content (AvgIpc) is 3.15. The molecule has 0 aliphatic carbocycles. The fourth-order valence-corrected chi connectivity index (χ4v) is 5.95. The van der Waals surface area contributed by atoms with Crippen molar-refractivity contribution in [3.8, 4) is 0 Å². The van der Waals surface area contributed by atoms with Crippen LogP contribution in [0.25, 0.3) is 0 Å². The van der Waals surface area contributed by atoms with Crippen LogP contribution in [-0.4, -0.2) is 47.0 Å². The number of hydrogen-bond donors (Lipinski definition) is 1. The molecule has 1 N–H and O–H groups in total. The van der Waals surface area contributed by atoms with Gasteiger partial charge in [0.25, 0.3) is 15.9 Å². The molecule has 0 radical (unpaired) electrons. The number of unbranched alkanes of at least 4 members (excludes halogenated alkanes) is 1. The fraction of sp³-hybridized carbons (Fsp3) is 0.375. The highest BCUT2D eigenvalue weighted by atomic mass is 32.2. The summed E-state index contributed by atoms with van der Waals surface area (Å²) in [6.07, 6.45) is 2.01. The number of aromatic nitrogens is 2. The van der Waals surface area contributed by atoms with Gasteiger partial charge in [0, 0.05) is 18.7 Å². The Bertz CT molecular complexity index is 958. The summed E-state index contributed by atoms with van der Waals surface area (Å²) in [5.41, 5.74) is 0.135. The van der Waals surface area contributed by atoms with Crippen LogP contribution in [0.2, 0.25) is 0 Å². The van der Waals surface area contributed by atoms with Crippen LogP contribution in [0.3, 0.4) is 0 Å². The Balaban J connectivity index is 1.56. The smallest absolute Gasteiger partial charge is 0.269 e. The van der Waals surface area contributed by atoms with Gasteiger partial charge in [0.15, 0.2) is 4.34 Å². The Morgan fingerprint density at radius 1 is 1.30 bits per heavy atom. The van der Waals surface area contributed by atoms with Crippen molar-refractivity contribution in [3.63, 3.8) is 0 Å². The molecular weight excluding hydrogens is 408 g/mol. The van der Waals surface area contributed by atoms with Crippen molar-refractivity contribution >= 4 is 50.1 Å². The van der Waals surface area contributed by atoms with Gasteiger partial charge in [-0.15, -0.1) is 10.2 Å². The SMILES string of the molecule is CCCCSc1nnc(NC(=O)CCN2C(=O)c3ccccc3S2(=O)=O)s1. The lowest BCUT2D eigenvalue weighted by atomic mass is 10.2. The van der Waals surface area contributed by atoms with Gasteiger partial charge in [0.1, 0.15) is 4.90 Å². The van der Waals surface area contributed by atoms with Crippen LogP contribution < -0.4 is 5.32 Å². The summed E-state index contributed by atoms with van der Waals surface area (Å²) in [4.78, 5) is 24.4. The molecule has 8 nitrogen and oxygen atoms in total. The number of sulfonamides is 1. The predicted octanol–water partition coefficient (Wildman–Crippen LogP) is 2.60. The highest BCUT2D eigenvalue weighted by Crippen LogP contribution is 2.30. The van der Waals surface area contributed by atoms with Gasteiger partial charge < -0.3 is 5.32 Å². The van der Waals surface area contributed by atoms with Crippen LogP contribution in [-0.2, 0) is 14.8 Å². The summed E-state index contributed by atoms with van der Waals surface area (Å²) in [6.45, 7) is 1.88. The zero-order chi connectivity index (χ0) is 19.4. The largest absolute Gasteiger partial charge is 0.300 e. The molecule has 1 aliphatic rings. The first-order valence-corrected chi connectivity index (χ1v) is 11.6. The summed E-state index contributed by atoms with van der Waals surface area (Å²) in [5.74, 6) is -0.0895. The third-order valence-corrected chi connectivity index (χ3v) is 7.73. The molecule has 144 valence electrons. The molecule has 1 aliphatic heterocycles. The van der Waals surface area contributed by atoms with E-state index in [2.05, 4.69) is 22.4 Å². The second-order valence-electron chi connectivity index (χ2n) is 5.75. The Labute approximate surface area is 165 Å². The van der Waals surface area contributed by atoms with Crippen molar-refractivity contribution in [2.75, 3.05) is 17.6 Å². The van der Waals surface area contributed by atoms with E-state index in [-0.39, 0.29) is 23.4 Å². The average molecular weight is 427 g/mol. The van der Waals surface area contributed by atoms with E-state index in [0.717, 1.165) is 27.2 Å². The predicted molar refractivity (Wildman–Crippen MR) is 103 cm³/mol. The van der Waals surface area contributed by atoms with Crippen molar-refractivity contribution in [1.82, 2.24) is 14.5 Å². The fourth-order valence-electron chi connectivity index (χ4n) is 2.46. The Morgan fingerprint density at radius 2 is 2.07 bits per heavy atom. The molecule has 1 aromatic carbocycles. The second kappa shape index (κ2) is 8.36. The maximum absolute atomic E-state index is 12.4. The van der Waals surface area contributed by atoms with Gasteiger partial charge >= 0.3 is 0 Å². The van der Waals surface area contributed by atoms with Crippen molar-refractivity contribution in [2.24, 2.45) is 0 Å². The lowest BCUT2D eigenvalue weighted by molar-refractivity contribution is -0.116. The van der Waals surface area contributed by atoms with E-state index in [9.17, 15) is 18.0 Å². The van der Waals surface area contributed by atoms with Gasteiger partial charge in [0.05, 0.1) is 5.56 Å². The molecule has 0 fully saturated rings. The summed E-state index contributed by atoms with van der Waals surface area (Å²) < 4.78 is 26.4. The molecule has 2 heterocycles. The molecule has 0 spiro atoms. The van der Waals surface area contributed by atoms with E-state index in [1.165, 1.54) is 23.5 Å².